The Hall–Kier alpha value is -3.18. The molecule has 44 heavy (non-hydrogen) atoms. The normalized spacial score (nSPS) is 16.9. The standard InChI is InChI=1S/C30H30F6N3O3PS/c1-42-25-14-21(28(40)39-9-11-43(41,12-10-39)17-19-5-6-19)7-8-24(25)38-27-15-26(23(16-37-27)30(34,35)36)44-18-20-3-2-4-22(13-20)29(31,32)33/h2-4,7-8,13-16,19H,5-6,9-12,17-18H2,1H3,(H,37,38). The number of methoxy groups -OCH3 is 1. The number of aromatic nitrogens is 1. The number of nitrogens with one attached hydrogen (secondary N) is 1. The molecule has 236 valence electrons. The highest BCUT2D eigenvalue weighted by Crippen LogP contribution is 2.53. The highest BCUT2D eigenvalue weighted by molar-refractivity contribution is 7.98. The third-order valence-electron chi connectivity index (χ3n) is 7.66. The van der Waals surface area contributed by atoms with E-state index in [2.05, 4.69) is 10.3 Å². The summed E-state index contributed by atoms with van der Waals surface area (Å²) < 4.78 is 99.1. The summed E-state index contributed by atoms with van der Waals surface area (Å²) in [4.78, 5) is 18.6. The summed E-state index contributed by atoms with van der Waals surface area (Å²) in [6.45, 7) is 0.836. The molecule has 2 fully saturated rings. The largest absolute Gasteiger partial charge is 0.495 e. The predicted molar refractivity (Wildman–Crippen MR) is 157 cm³/mol. The number of hydrogen-bond donors (Lipinski definition) is 1. The molecule has 2 aliphatic rings. The molecule has 1 aliphatic carbocycles. The van der Waals surface area contributed by atoms with E-state index in [-0.39, 0.29) is 33.7 Å². The first-order valence-electron chi connectivity index (χ1n) is 13.9. The van der Waals surface area contributed by atoms with Gasteiger partial charge < -0.3 is 19.5 Å². The van der Waals surface area contributed by atoms with Gasteiger partial charge in [0.2, 0.25) is 0 Å². The molecule has 0 atom stereocenters. The minimum absolute atomic E-state index is 0.0457. The highest BCUT2D eigenvalue weighted by atomic mass is 32.2. The van der Waals surface area contributed by atoms with Crippen LogP contribution in [0.5, 0.6) is 5.75 Å². The van der Waals surface area contributed by atoms with Crippen LogP contribution in [0.2, 0.25) is 0 Å². The zero-order chi connectivity index (χ0) is 31.7. The Labute approximate surface area is 254 Å². The van der Waals surface area contributed by atoms with Crippen molar-refractivity contribution in [2.24, 2.45) is 5.92 Å². The molecule has 6 nitrogen and oxygen atoms in total. The number of ether oxygens (including phenoxy) is 1. The Morgan fingerprint density at radius 3 is 2.41 bits per heavy atom. The second kappa shape index (κ2) is 12.7. The van der Waals surface area contributed by atoms with Gasteiger partial charge in [-0.3, -0.25) is 4.79 Å². The van der Waals surface area contributed by atoms with E-state index in [4.69, 9.17) is 4.74 Å². The first-order chi connectivity index (χ1) is 20.7. The van der Waals surface area contributed by atoms with Gasteiger partial charge in [0.25, 0.3) is 5.91 Å². The Morgan fingerprint density at radius 1 is 1.05 bits per heavy atom. The molecule has 0 radical (unpaired) electrons. The lowest BCUT2D eigenvalue weighted by molar-refractivity contribution is -0.140. The third-order valence-corrected chi connectivity index (χ3v) is 12.0. The smallest absolute Gasteiger partial charge is 0.418 e. The quantitative estimate of drug-likeness (QED) is 0.142. The molecule has 5 rings (SSSR count). The van der Waals surface area contributed by atoms with Gasteiger partial charge in [-0.2, -0.15) is 26.3 Å². The van der Waals surface area contributed by atoms with Crippen LogP contribution in [-0.2, 0) is 22.7 Å². The van der Waals surface area contributed by atoms with Crippen LogP contribution in [0.1, 0.15) is 39.9 Å². The number of rotatable bonds is 9. The average molecular weight is 658 g/mol. The second-order valence-corrected chi connectivity index (χ2v) is 15.4. The summed E-state index contributed by atoms with van der Waals surface area (Å²) >= 11 is 0.741. The van der Waals surface area contributed by atoms with Crippen molar-refractivity contribution in [1.29, 1.82) is 0 Å². The van der Waals surface area contributed by atoms with Crippen LogP contribution in [0.3, 0.4) is 0 Å². The Kier molecular flexibility index (Phi) is 9.28. The van der Waals surface area contributed by atoms with Crippen molar-refractivity contribution in [2.45, 2.75) is 35.8 Å². The number of carbonyl (C=O) groups is 1. The van der Waals surface area contributed by atoms with Gasteiger partial charge in [0.05, 0.1) is 31.1 Å². The first-order valence-corrected chi connectivity index (χ1v) is 17.2. The fraction of sp³-hybridized carbons (Fsp3) is 0.400. The maximum absolute atomic E-state index is 13.8. The van der Waals surface area contributed by atoms with Crippen molar-refractivity contribution >= 4 is 36.3 Å². The van der Waals surface area contributed by atoms with E-state index in [0.29, 0.717) is 48.8 Å². The van der Waals surface area contributed by atoms with E-state index in [1.165, 1.54) is 31.4 Å². The zero-order valence-electron chi connectivity index (χ0n) is 23.7. The van der Waals surface area contributed by atoms with Gasteiger partial charge in [-0.1, -0.05) is 18.2 Å². The molecule has 0 bridgehead atoms. The minimum Gasteiger partial charge on any atom is -0.495 e. The van der Waals surface area contributed by atoms with E-state index in [1.807, 2.05) is 0 Å². The number of amides is 1. The van der Waals surface area contributed by atoms with Crippen LogP contribution < -0.4 is 10.1 Å². The molecule has 1 amide bonds. The van der Waals surface area contributed by atoms with Crippen molar-refractivity contribution in [3.05, 3.63) is 77.0 Å². The number of benzene rings is 2. The van der Waals surface area contributed by atoms with Crippen molar-refractivity contribution in [3.8, 4) is 5.75 Å². The second-order valence-electron chi connectivity index (χ2n) is 11.0. The highest BCUT2D eigenvalue weighted by Gasteiger charge is 2.37. The summed E-state index contributed by atoms with van der Waals surface area (Å²) in [5.74, 6) is 0.504. The van der Waals surface area contributed by atoms with Gasteiger partial charge in [-0.15, -0.1) is 11.8 Å². The molecule has 0 spiro atoms. The number of halogens is 6. The number of nitrogens with zero attached hydrogens (tertiary/aromatic N) is 2. The van der Waals surface area contributed by atoms with Crippen molar-refractivity contribution in [1.82, 2.24) is 9.88 Å². The van der Waals surface area contributed by atoms with Gasteiger partial charge >= 0.3 is 12.4 Å². The minimum atomic E-state index is -4.73. The summed E-state index contributed by atoms with van der Waals surface area (Å²) in [5, 5.41) is 2.92. The number of pyridine rings is 1. The van der Waals surface area contributed by atoms with E-state index < -0.39 is 30.6 Å². The van der Waals surface area contributed by atoms with E-state index >= 15 is 0 Å². The van der Waals surface area contributed by atoms with Gasteiger partial charge in [0, 0.05) is 54.0 Å². The maximum Gasteiger partial charge on any atom is 0.418 e. The number of carbonyl (C=O) groups excluding carboxylic acids is 1. The van der Waals surface area contributed by atoms with Crippen molar-refractivity contribution in [3.63, 3.8) is 0 Å². The molecular formula is C30H30F6N3O3PS. The number of hydrogen-bond acceptors (Lipinski definition) is 6. The lowest BCUT2D eigenvalue weighted by atomic mass is 10.1. The lowest BCUT2D eigenvalue weighted by Crippen LogP contribution is -2.40. The number of thioether (sulfide) groups is 1. The van der Waals surface area contributed by atoms with E-state index in [0.717, 1.165) is 42.9 Å². The Balaban J connectivity index is 1.30. The molecule has 0 unspecified atom stereocenters. The number of alkyl halides is 6. The Bertz CT molecular complexity index is 1570. The van der Waals surface area contributed by atoms with Crippen LogP contribution in [0.25, 0.3) is 0 Å². The summed E-state index contributed by atoms with van der Waals surface area (Å²) in [7, 11) is -0.851. The summed E-state index contributed by atoms with van der Waals surface area (Å²) in [5.41, 5.74) is -0.991. The average Bonchev–Trinajstić information content (AvgIpc) is 3.79. The monoisotopic (exact) mass is 657 g/mol. The van der Waals surface area contributed by atoms with Gasteiger partial charge in [0.1, 0.15) is 11.6 Å². The molecule has 2 aromatic carbocycles. The van der Waals surface area contributed by atoms with Crippen LogP contribution in [-0.4, -0.2) is 54.5 Å². The fourth-order valence-electron chi connectivity index (χ4n) is 5.07. The van der Waals surface area contributed by atoms with E-state index in [1.54, 1.807) is 17.0 Å². The van der Waals surface area contributed by atoms with Crippen LogP contribution in [0.15, 0.2) is 59.6 Å². The molecule has 3 aromatic rings. The molecule has 14 heteroatoms. The van der Waals surface area contributed by atoms with Gasteiger partial charge in [0.15, 0.2) is 0 Å². The van der Waals surface area contributed by atoms with E-state index in [9.17, 15) is 35.7 Å². The SMILES string of the molecule is COc1cc(C(=O)N2CCP(=O)(CC3CC3)CC2)ccc1Nc1cc(SCc2cccc(C(F)(F)F)c2)c(C(F)(F)F)cn1. The third kappa shape index (κ3) is 7.90. The molecule has 1 aromatic heterocycles. The molecule has 1 aliphatic heterocycles. The zero-order valence-corrected chi connectivity index (χ0v) is 25.4. The van der Waals surface area contributed by atoms with Crippen molar-refractivity contribution < 1.29 is 40.4 Å². The molecular weight excluding hydrogens is 627 g/mol. The van der Waals surface area contributed by atoms with Gasteiger partial charge in [-0.05, 0) is 54.7 Å². The van der Waals surface area contributed by atoms with Crippen LogP contribution >= 0.6 is 18.9 Å². The predicted octanol–water partition coefficient (Wildman–Crippen LogP) is 8.39. The number of anilines is 2. The van der Waals surface area contributed by atoms with Crippen LogP contribution in [0.4, 0.5) is 37.8 Å². The Morgan fingerprint density at radius 2 is 1.77 bits per heavy atom. The fourth-order valence-corrected chi connectivity index (χ4v) is 9.20. The first kappa shape index (κ1) is 32.2. The molecule has 1 N–H and O–H groups in total. The van der Waals surface area contributed by atoms with Crippen LogP contribution in [0, 0.1) is 5.92 Å². The molecule has 1 saturated carbocycles. The summed E-state index contributed by atoms with van der Waals surface area (Å²) in [6, 6.07) is 10.3. The topological polar surface area (TPSA) is 71.5 Å². The molecule has 2 heterocycles. The lowest BCUT2D eigenvalue weighted by Gasteiger charge is -2.32. The maximum atomic E-state index is 13.8. The van der Waals surface area contributed by atoms with Crippen molar-refractivity contribution in [2.75, 3.05) is 44.0 Å². The molecule has 1 saturated heterocycles. The van der Waals surface area contributed by atoms with Gasteiger partial charge in [-0.25, -0.2) is 4.98 Å². The summed E-state index contributed by atoms with van der Waals surface area (Å²) in [6.07, 6.45) is -4.57.